The van der Waals surface area contributed by atoms with Crippen molar-refractivity contribution in [2.75, 3.05) is 0 Å². The second kappa shape index (κ2) is 8.35. The minimum absolute atomic E-state index is 0.0976. The lowest BCUT2D eigenvalue weighted by atomic mass is 10.0. The van der Waals surface area contributed by atoms with Crippen LogP contribution in [-0.4, -0.2) is 21.8 Å². The molecule has 0 spiro atoms. The number of hydrogen-bond acceptors (Lipinski definition) is 3. The van der Waals surface area contributed by atoms with Crippen LogP contribution >= 0.6 is 0 Å². The number of rotatable bonds is 5. The van der Waals surface area contributed by atoms with Crippen LogP contribution in [0.25, 0.3) is 16.9 Å². The Labute approximate surface area is 187 Å². The van der Waals surface area contributed by atoms with Gasteiger partial charge >= 0.3 is 0 Å². The van der Waals surface area contributed by atoms with Crippen molar-refractivity contribution in [3.8, 4) is 22.7 Å². The van der Waals surface area contributed by atoms with Crippen molar-refractivity contribution in [3.05, 3.63) is 101 Å². The molecule has 0 bridgehead atoms. The lowest BCUT2D eigenvalue weighted by Gasteiger charge is -2.07. The fraction of sp³-hybridized carbons (Fsp3) is 0.185. The van der Waals surface area contributed by atoms with Crippen molar-refractivity contribution in [2.24, 2.45) is 0 Å². The first-order chi connectivity index (χ1) is 15.6. The Morgan fingerprint density at radius 1 is 1.09 bits per heavy atom. The number of fused-ring (bicyclic) bond motifs is 1. The fourth-order valence-electron chi connectivity index (χ4n) is 4.05. The number of para-hydroxylation sites is 1. The van der Waals surface area contributed by atoms with E-state index in [9.17, 15) is 4.79 Å². The summed E-state index contributed by atoms with van der Waals surface area (Å²) < 4.78 is 7.73. The van der Waals surface area contributed by atoms with Crippen LogP contribution in [0.3, 0.4) is 0 Å². The second-order valence-corrected chi connectivity index (χ2v) is 8.29. The second-order valence-electron chi connectivity index (χ2n) is 8.29. The quantitative estimate of drug-likeness (QED) is 0.486. The van der Waals surface area contributed by atoms with Gasteiger partial charge in [0.15, 0.2) is 0 Å². The Morgan fingerprint density at radius 2 is 1.88 bits per heavy atom. The summed E-state index contributed by atoms with van der Waals surface area (Å²) in [6.07, 6.45) is 3.07. The van der Waals surface area contributed by atoms with Gasteiger partial charge in [0, 0.05) is 35.9 Å². The number of amides is 1. The van der Waals surface area contributed by atoms with Crippen molar-refractivity contribution in [1.29, 1.82) is 0 Å². The predicted octanol–water partition coefficient (Wildman–Crippen LogP) is 5.10. The van der Waals surface area contributed by atoms with Crippen LogP contribution in [0.4, 0.5) is 0 Å². The van der Waals surface area contributed by atoms with Gasteiger partial charge in [-0.05, 0) is 61.9 Å². The Bertz CT molecular complexity index is 1260. The summed E-state index contributed by atoms with van der Waals surface area (Å²) in [5.41, 5.74) is 6.79. The van der Waals surface area contributed by atoms with Gasteiger partial charge in [0.1, 0.15) is 11.9 Å². The molecule has 1 aliphatic rings. The number of hydrogen-bond donors (Lipinski definition) is 1. The third-order valence-electron chi connectivity index (χ3n) is 5.73. The van der Waals surface area contributed by atoms with Crippen molar-refractivity contribution in [1.82, 2.24) is 15.1 Å². The van der Waals surface area contributed by atoms with Gasteiger partial charge in [0.2, 0.25) is 0 Å². The highest BCUT2D eigenvalue weighted by atomic mass is 16.5. The van der Waals surface area contributed by atoms with E-state index in [2.05, 4.69) is 18.3 Å². The van der Waals surface area contributed by atoms with Crippen molar-refractivity contribution in [2.45, 2.75) is 32.9 Å². The number of ether oxygens (including phenoxy) is 1. The van der Waals surface area contributed by atoms with Gasteiger partial charge in [-0.1, -0.05) is 35.9 Å². The Balaban J connectivity index is 1.47. The monoisotopic (exact) mass is 423 g/mol. The average molecular weight is 424 g/mol. The van der Waals surface area contributed by atoms with Gasteiger partial charge in [0.25, 0.3) is 5.91 Å². The number of nitrogens with one attached hydrogen (secondary N) is 1. The normalized spacial score (nSPS) is 14.6. The van der Waals surface area contributed by atoms with Gasteiger partial charge < -0.3 is 10.1 Å². The van der Waals surface area contributed by atoms with Gasteiger partial charge in [-0.15, -0.1) is 0 Å². The summed E-state index contributed by atoms with van der Waals surface area (Å²) in [7, 11) is 0. The summed E-state index contributed by atoms with van der Waals surface area (Å²) in [5, 5.41) is 7.93. The van der Waals surface area contributed by atoms with E-state index in [1.807, 2.05) is 84.5 Å². The number of carbonyl (C=O) groups is 1. The highest BCUT2D eigenvalue weighted by Gasteiger charge is 2.21. The van der Waals surface area contributed by atoms with E-state index >= 15 is 0 Å². The van der Waals surface area contributed by atoms with Gasteiger partial charge in [-0.25, -0.2) is 4.68 Å². The number of nitrogens with zero attached hydrogens (tertiary/aromatic N) is 2. The maximum absolute atomic E-state index is 12.7. The molecule has 1 aromatic heterocycles. The summed E-state index contributed by atoms with van der Waals surface area (Å²) in [5.74, 6) is 0.845. The molecule has 3 aromatic carbocycles. The number of benzene rings is 3. The highest BCUT2D eigenvalue weighted by Crippen LogP contribution is 2.33. The molecule has 1 amide bonds. The van der Waals surface area contributed by atoms with E-state index in [-0.39, 0.29) is 12.0 Å². The van der Waals surface area contributed by atoms with E-state index in [0.717, 1.165) is 40.2 Å². The molecule has 0 saturated carbocycles. The highest BCUT2D eigenvalue weighted by molar-refractivity contribution is 5.94. The first-order valence-corrected chi connectivity index (χ1v) is 10.9. The minimum atomic E-state index is -0.0976. The van der Waals surface area contributed by atoms with E-state index in [1.54, 1.807) is 0 Å². The fourth-order valence-corrected chi connectivity index (χ4v) is 4.05. The van der Waals surface area contributed by atoms with Gasteiger partial charge in [0.05, 0.1) is 11.4 Å². The number of carbonyl (C=O) groups excluding carboxylic acids is 1. The van der Waals surface area contributed by atoms with E-state index in [0.29, 0.717) is 12.1 Å². The number of aromatic nitrogens is 2. The Kier molecular flexibility index (Phi) is 5.23. The Hall–Kier alpha value is -3.86. The first kappa shape index (κ1) is 20.1. The van der Waals surface area contributed by atoms with Crippen molar-refractivity contribution in [3.63, 3.8) is 0 Å². The lowest BCUT2D eigenvalue weighted by Crippen LogP contribution is -2.22. The smallest absolute Gasteiger partial charge is 0.251 e. The molecule has 4 aromatic rings. The first-order valence-electron chi connectivity index (χ1n) is 10.9. The molecular formula is C27H25N3O2. The molecule has 0 fully saturated rings. The zero-order valence-electron chi connectivity index (χ0n) is 18.2. The summed E-state index contributed by atoms with van der Waals surface area (Å²) in [6, 6.07) is 23.8. The molecule has 160 valence electrons. The molecule has 1 unspecified atom stereocenters. The van der Waals surface area contributed by atoms with Crippen LogP contribution in [0.1, 0.15) is 34.0 Å². The van der Waals surface area contributed by atoms with Gasteiger partial charge in [-0.3, -0.25) is 4.79 Å². The van der Waals surface area contributed by atoms with Crippen LogP contribution in [0.5, 0.6) is 5.75 Å². The average Bonchev–Trinajstić information content (AvgIpc) is 3.40. The van der Waals surface area contributed by atoms with Crippen LogP contribution < -0.4 is 10.1 Å². The minimum Gasteiger partial charge on any atom is -0.490 e. The standard InChI is InChI=1S/C27H25N3O2/c1-18-8-10-20(11-9-18)27(31)28-16-23-17-30(24-6-4-3-5-7-24)29-26(23)21-12-13-25-22(15-21)14-19(2)32-25/h3-13,15,17,19H,14,16H2,1-2H3,(H,28,31). The lowest BCUT2D eigenvalue weighted by molar-refractivity contribution is 0.0951. The topological polar surface area (TPSA) is 56.2 Å². The summed E-state index contributed by atoms with van der Waals surface area (Å²) >= 11 is 0. The third kappa shape index (κ3) is 4.02. The number of aryl methyl sites for hydroxylation is 1. The molecule has 5 heteroatoms. The summed E-state index contributed by atoms with van der Waals surface area (Å²) in [4.78, 5) is 12.7. The molecule has 1 N–H and O–H groups in total. The molecule has 2 heterocycles. The molecule has 1 aliphatic heterocycles. The molecule has 32 heavy (non-hydrogen) atoms. The van der Waals surface area contributed by atoms with Crippen molar-refractivity contribution >= 4 is 5.91 Å². The molecule has 0 radical (unpaired) electrons. The molecule has 5 rings (SSSR count). The van der Waals surface area contributed by atoms with Crippen LogP contribution in [0.2, 0.25) is 0 Å². The molecule has 1 atom stereocenters. The molecule has 0 aliphatic carbocycles. The largest absolute Gasteiger partial charge is 0.490 e. The maximum atomic E-state index is 12.7. The van der Waals surface area contributed by atoms with Crippen LogP contribution in [-0.2, 0) is 13.0 Å². The van der Waals surface area contributed by atoms with Crippen LogP contribution in [0, 0.1) is 6.92 Å². The SMILES string of the molecule is Cc1ccc(C(=O)NCc2cn(-c3ccccc3)nc2-c2ccc3c(c2)CC(C)O3)cc1. The predicted molar refractivity (Wildman–Crippen MR) is 125 cm³/mol. The molecule has 5 nitrogen and oxygen atoms in total. The van der Waals surface area contributed by atoms with E-state index in [4.69, 9.17) is 9.84 Å². The zero-order valence-corrected chi connectivity index (χ0v) is 18.2. The Morgan fingerprint density at radius 3 is 2.66 bits per heavy atom. The van der Waals surface area contributed by atoms with Crippen LogP contribution in [0.15, 0.2) is 79.0 Å². The maximum Gasteiger partial charge on any atom is 0.251 e. The third-order valence-corrected chi connectivity index (χ3v) is 5.73. The summed E-state index contributed by atoms with van der Waals surface area (Å²) in [6.45, 7) is 4.48. The van der Waals surface area contributed by atoms with E-state index in [1.165, 1.54) is 5.56 Å². The molecule has 0 saturated heterocycles. The molecular weight excluding hydrogens is 398 g/mol. The van der Waals surface area contributed by atoms with E-state index < -0.39 is 0 Å². The van der Waals surface area contributed by atoms with Gasteiger partial charge in [-0.2, -0.15) is 5.10 Å². The zero-order chi connectivity index (χ0) is 22.1. The van der Waals surface area contributed by atoms with Crippen molar-refractivity contribution < 1.29 is 9.53 Å².